The Balaban J connectivity index is 1.48. The standard InChI is InChI=1S/C17H28N4O2/c1-20-11-9-18-16(20)15(22)14-6-3-10-21(12-14)17(23)19-8-7-13-4-2-5-13/h9,11,13-15,22H,2-8,10,12H2,1H3,(H,19,23). The van der Waals surface area contributed by atoms with Gasteiger partial charge in [-0.2, -0.15) is 0 Å². The average molecular weight is 320 g/mol. The van der Waals surface area contributed by atoms with Crippen LogP contribution in [0.25, 0.3) is 0 Å². The van der Waals surface area contributed by atoms with Gasteiger partial charge in [0.2, 0.25) is 0 Å². The zero-order valence-electron chi connectivity index (χ0n) is 13.9. The molecular weight excluding hydrogens is 292 g/mol. The third-order valence-corrected chi connectivity index (χ3v) is 5.37. The smallest absolute Gasteiger partial charge is 0.317 e. The van der Waals surface area contributed by atoms with Crippen LogP contribution in [0.2, 0.25) is 0 Å². The summed E-state index contributed by atoms with van der Waals surface area (Å²) >= 11 is 0. The average Bonchev–Trinajstić information content (AvgIpc) is 2.95. The number of urea groups is 1. The first-order valence-electron chi connectivity index (χ1n) is 8.83. The number of aliphatic hydroxyl groups is 1. The van der Waals surface area contributed by atoms with Gasteiger partial charge in [0.1, 0.15) is 11.9 Å². The molecule has 3 rings (SSSR count). The summed E-state index contributed by atoms with van der Waals surface area (Å²) in [7, 11) is 1.89. The van der Waals surface area contributed by atoms with Crippen LogP contribution in [0.5, 0.6) is 0 Å². The molecule has 2 N–H and O–H groups in total. The Labute approximate surface area is 137 Å². The van der Waals surface area contributed by atoms with Gasteiger partial charge in [0.05, 0.1) is 0 Å². The van der Waals surface area contributed by atoms with Gasteiger partial charge in [-0.05, 0) is 25.2 Å². The third-order valence-electron chi connectivity index (χ3n) is 5.37. The second-order valence-electron chi connectivity index (χ2n) is 7.01. The van der Waals surface area contributed by atoms with Gasteiger partial charge in [-0.1, -0.05) is 19.3 Å². The second kappa shape index (κ2) is 7.34. The zero-order valence-corrected chi connectivity index (χ0v) is 13.9. The molecule has 1 saturated carbocycles. The molecule has 2 heterocycles. The van der Waals surface area contributed by atoms with Crippen LogP contribution in [0.4, 0.5) is 4.79 Å². The Morgan fingerprint density at radius 1 is 1.43 bits per heavy atom. The van der Waals surface area contributed by atoms with E-state index in [4.69, 9.17) is 0 Å². The van der Waals surface area contributed by atoms with Crippen molar-refractivity contribution in [2.24, 2.45) is 18.9 Å². The minimum absolute atomic E-state index is 0.0149. The molecule has 6 nitrogen and oxygen atoms in total. The monoisotopic (exact) mass is 320 g/mol. The van der Waals surface area contributed by atoms with Gasteiger partial charge >= 0.3 is 6.03 Å². The lowest BCUT2D eigenvalue weighted by Crippen LogP contribution is -2.47. The minimum Gasteiger partial charge on any atom is -0.385 e. The molecule has 0 bridgehead atoms. The van der Waals surface area contributed by atoms with E-state index in [-0.39, 0.29) is 11.9 Å². The fourth-order valence-corrected chi connectivity index (χ4v) is 3.60. The number of rotatable bonds is 5. The van der Waals surface area contributed by atoms with Crippen LogP contribution in [0.15, 0.2) is 12.4 Å². The Morgan fingerprint density at radius 3 is 2.91 bits per heavy atom. The van der Waals surface area contributed by atoms with Crippen molar-refractivity contribution in [2.45, 2.75) is 44.6 Å². The molecular formula is C17H28N4O2. The van der Waals surface area contributed by atoms with Crippen molar-refractivity contribution in [3.05, 3.63) is 18.2 Å². The summed E-state index contributed by atoms with van der Waals surface area (Å²) in [5.41, 5.74) is 0. The Hall–Kier alpha value is -1.56. The summed E-state index contributed by atoms with van der Waals surface area (Å²) in [6.07, 6.45) is 9.87. The molecule has 0 spiro atoms. The lowest BCUT2D eigenvalue weighted by atomic mass is 9.83. The maximum absolute atomic E-state index is 12.3. The van der Waals surface area contributed by atoms with Crippen LogP contribution in [-0.2, 0) is 7.05 Å². The lowest BCUT2D eigenvalue weighted by Gasteiger charge is -2.35. The highest BCUT2D eigenvalue weighted by Crippen LogP contribution is 2.30. The normalized spacial score (nSPS) is 23.4. The predicted octanol–water partition coefficient (Wildman–Crippen LogP) is 2.07. The van der Waals surface area contributed by atoms with Crippen molar-refractivity contribution in [1.82, 2.24) is 19.8 Å². The minimum atomic E-state index is -0.611. The van der Waals surface area contributed by atoms with Crippen LogP contribution >= 0.6 is 0 Å². The predicted molar refractivity (Wildman–Crippen MR) is 87.8 cm³/mol. The van der Waals surface area contributed by atoms with Crippen molar-refractivity contribution < 1.29 is 9.90 Å². The molecule has 2 fully saturated rings. The molecule has 2 unspecified atom stereocenters. The zero-order chi connectivity index (χ0) is 16.2. The highest BCUT2D eigenvalue weighted by Gasteiger charge is 2.31. The van der Waals surface area contributed by atoms with Crippen LogP contribution in [0.1, 0.15) is 50.5 Å². The van der Waals surface area contributed by atoms with Gasteiger partial charge < -0.3 is 19.9 Å². The fraction of sp³-hybridized carbons (Fsp3) is 0.765. The van der Waals surface area contributed by atoms with E-state index in [1.54, 1.807) is 6.20 Å². The quantitative estimate of drug-likeness (QED) is 0.872. The fourth-order valence-electron chi connectivity index (χ4n) is 3.60. The SMILES string of the molecule is Cn1ccnc1C(O)C1CCCN(C(=O)NCCC2CCC2)C1. The van der Waals surface area contributed by atoms with Gasteiger partial charge in [-0.15, -0.1) is 0 Å². The van der Waals surface area contributed by atoms with Gasteiger partial charge in [-0.25, -0.2) is 9.78 Å². The topological polar surface area (TPSA) is 70.4 Å². The molecule has 1 aromatic rings. The number of likely N-dealkylation sites (tertiary alicyclic amines) is 1. The number of amides is 2. The molecule has 23 heavy (non-hydrogen) atoms. The van der Waals surface area contributed by atoms with Gasteiger partial charge in [0, 0.05) is 45.0 Å². The van der Waals surface area contributed by atoms with Crippen LogP contribution < -0.4 is 5.32 Å². The second-order valence-corrected chi connectivity index (χ2v) is 7.01. The van der Waals surface area contributed by atoms with Crippen molar-refractivity contribution in [2.75, 3.05) is 19.6 Å². The first kappa shape index (κ1) is 16.3. The number of imidazole rings is 1. The number of hydrogen-bond acceptors (Lipinski definition) is 3. The number of carbonyl (C=O) groups excluding carboxylic acids is 1. The lowest BCUT2D eigenvalue weighted by molar-refractivity contribution is 0.0532. The molecule has 0 radical (unpaired) electrons. The first-order valence-corrected chi connectivity index (χ1v) is 8.83. The van der Waals surface area contributed by atoms with E-state index in [2.05, 4.69) is 10.3 Å². The molecule has 1 aliphatic carbocycles. The molecule has 2 amide bonds. The van der Waals surface area contributed by atoms with Crippen molar-refractivity contribution in [3.8, 4) is 0 Å². The van der Waals surface area contributed by atoms with Gasteiger partial charge in [0.15, 0.2) is 0 Å². The number of carbonyl (C=O) groups is 1. The van der Waals surface area contributed by atoms with Crippen molar-refractivity contribution >= 4 is 6.03 Å². The molecule has 0 aromatic carbocycles. The number of aryl methyl sites for hydroxylation is 1. The van der Waals surface area contributed by atoms with Crippen LogP contribution in [0.3, 0.4) is 0 Å². The van der Waals surface area contributed by atoms with E-state index in [9.17, 15) is 9.90 Å². The van der Waals surface area contributed by atoms with Gasteiger partial charge in [-0.3, -0.25) is 0 Å². The van der Waals surface area contributed by atoms with Crippen LogP contribution in [0, 0.1) is 11.8 Å². The Bertz CT molecular complexity index is 526. The van der Waals surface area contributed by atoms with Crippen molar-refractivity contribution in [3.63, 3.8) is 0 Å². The first-order chi connectivity index (χ1) is 11.1. The summed E-state index contributed by atoms with van der Waals surface area (Å²) in [5, 5.41) is 13.6. The molecule has 2 atom stereocenters. The summed E-state index contributed by atoms with van der Waals surface area (Å²) in [6, 6.07) is 0.0149. The summed E-state index contributed by atoms with van der Waals surface area (Å²) in [6.45, 7) is 2.15. The van der Waals surface area contributed by atoms with E-state index in [0.717, 1.165) is 38.3 Å². The molecule has 2 aliphatic rings. The van der Waals surface area contributed by atoms with Crippen LogP contribution in [-0.4, -0.2) is 45.2 Å². The molecule has 128 valence electrons. The van der Waals surface area contributed by atoms with Crippen molar-refractivity contribution in [1.29, 1.82) is 0 Å². The summed E-state index contributed by atoms with van der Waals surface area (Å²) in [4.78, 5) is 18.4. The number of aliphatic hydroxyl groups excluding tert-OH is 1. The number of nitrogens with one attached hydrogen (secondary N) is 1. The molecule has 1 aliphatic heterocycles. The maximum atomic E-state index is 12.3. The number of aromatic nitrogens is 2. The number of piperidine rings is 1. The number of nitrogens with zero attached hydrogens (tertiary/aromatic N) is 3. The van der Waals surface area contributed by atoms with E-state index in [0.29, 0.717) is 12.4 Å². The number of hydrogen-bond donors (Lipinski definition) is 2. The van der Waals surface area contributed by atoms with E-state index in [1.165, 1.54) is 19.3 Å². The maximum Gasteiger partial charge on any atom is 0.317 e. The Kier molecular flexibility index (Phi) is 5.20. The highest BCUT2D eigenvalue weighted by molar-refractivity contribution is 5.74. The van der Waals surface area contributed by atoms with E-state index in [1.807, 2.05) is 22.7 Å². The molecule has 1 saturated heterocycles. The van der Waals surface area contributed by atoms with E-state index < -0.39 is 6.10 Å². The summed E-state index contributed by atoms with van der Waals surface area (Å²) in [5.74, 6) is 1.55. The molecule has 1 aromatic heterocycles. The largest absolute Gasteiger partial charge is 0.385 e. The molecule has 6 heteroatoms. The highest BCUT2D eigenvalue weighted by atomic mass is 16.3. The Morgan fingerprint density at radius 2 is 2.26 bits per heavy atom. The third kappa shape index (κ3) is 3.86. The van der Waals surface area contributed by atoms with E-state index >= 15 is 0 Å². The summed E-state index contributed by atoms with van der Waals surface area (Å²) < 4.78 is 1.85. The van der Waals surface area contributed by atoms with Gasteiger partial charge in [0.25, 0.3) is 0 Å².